The van der Waals surface area contributed by atoms with Crippen LogP contribution in [-0.4, -0.2) is 35.7 Å². The van der Waals surface area contributed by atoms with Crippen molar-refractivity contribution < 1.29 is 9.90 Å². The highest BCUT2D eigenvalue weighted by molar-refractivity contribution is 5.78. The van der Waals surface area contributed by atoms with Gasteiger partial charge in [-0.2, -0.15) is 0 Å². The lowest BCUT2D eigenvalue weighted by molar-refractivity contribution is -0.144. The lowest BCUT2D eigenvalue weighted by Crippen LogP contribution is -2.55. The molecule has 0 bridgehead atoms. The molecule has 1 aliphatic heterocycles. The SMILES string of the molecule is CCC(C)(NC1CCNCC1)C(=O)O. The minimum absolute atomic E-state index is 0.345. The molecule has 1 atom stereocenters. The van der Waals surface area contributed by atoms with Gasteiger partial charge in [0.05, 0.1) is 0 Å². The summed E-state index contributed by atoms with van der Waals surface area (Å²) in [4.78, 5) is 11.0. The second kappa shape index (κ2) is 4.75. The molecular weight excluding hydrogens is 180 g/mol. The van der Waals surface area contributed by atoms with Crippen LogP contribution in [-0.2, 0) is 4.79 Å². The van der Waals surface area contributed by atoms with Crippen molar-refractivity contribution in [2.45, 2.75) is 44.7 Å². The number of aliphatic carboxylic acids is 1. The topological polar surface area (TPSA) is 61.4 Å². The van der Waals surface area contributed by atoms with Crippen molar-refractivity contribution in [1.29, 1.82) is 0 Å². The summed E-state index contributed by atoms with van der Waals surface area (Å²) < 4.78 is 0. The van der Waals surface area contributed by atoms with Crippen molar-refractivity contribution in [3.8, 4) is 0 Å². The van der Waals surface area contributed by atoms with E-state index in [2.05, 4.69) is 10.6 Å². The average molecular weight is 200 g/mol. The van der Waals surface area contributed by atoms with Gasteiger partial charge in [-0.15, -0.1) is 0 Å². The third-order valence-corrected chi connectivity index (χ3v) is 3.04. The van der Waals surface area contributed by atoms with Crippen molar-refractivity contribution in [2.24, 2.45) is 0 Å². The molecule has 0 aromatic heterocycles. The normalized spacial score (nSPS) is 23.0. The van der Waals surface area contributed by atoms with Gasteiger partial charge in [-0.25, -0.2) is 0 Å². The van der Waals surface area contributed by atoms with Gasteiger partial charge in [0.2, 0.25) is 0 Å². The van der Waals surface area contributed by atoms with E-state index in [-0.39, 0.29) is 0 Å². The van der Waals surface area contributed by atoms with Crippen LogP contribution >= 0.6 is 0 Å². The smallest absolute Gasteiger partial charge is 0.323 e. The highest BCUT2D eigenvalue weighted by Gasteiger charge is 2.33. The maximum atomic E-state index is 11.0. The molecule has 1 rings (SSSR count). The fourth-order valence-electron chi connectivity index (χ4n) is 1.73. The molecule has 3 N–H and O–H groups in total. The van der Waals surface area contributed by atoms with Crippen molar-refractivity contribution in [3.63, 3.8) is 0 Å². The zero-order valence-corrected chi connectivity index (χ0v) is 8.97. The van der Waals surface area contributed by atoms with Crippen LogP contribution in [0.3, 0.4) is 0 Å². The molecule has 1 saturated heterocycles. The summed E-state index contributed by atoms with van der Waals surface area (Å²) in [6.07, 6.45) is 2.65. The summed E-state index contributed by atoms with van der Waals surface area (Å²) in [5.74, 6) is -0.751. The van der Waals surface area contributed by atoms with E-state index >= 15 is 0 Å². The van der Waals surface area contributed by atoms with E-state index in [0.29, 0.717) is 12.5 Å². The molecule has 14 heavy (non-hydrogen) atoms. The van der Waals surface area contributed by atoms with E-state index in [1.54, 1.807) is 6.92 Å². The summed E-state index contributed by atoms with van der Waals surface area (Å²) in [5, 5.41) is 15.6. The van der Waals surface area contributed by atoms with Gasteiger partial charge in [0.25, 0.3) is 0 Å². The summed E-state index contributed by atoms with van der Waals surface area (Å²) in [7, 11) is 0. The van der Waals surface area contributed by atoms with E-state index in [4.69, 9.17) is 5.11 Å². The summed E-state index contributed by atoms with van der Waals surface area (Å²) >= 11 is 0. The van der Waals surface area contributed by atoms with Crippen LogP contribution in [0.5, 0.6) is 0 Å². The van der Waals surface area contributed by atoms with Crippen molar-refractivity contribution in [3.05, 3.63) is 0 Å². The number of hydrogen-bond donors (Lipinski definition) is 3. The Morgan fingerprint density at radius 2 is 2.14 bits per heavy atom. The molecule has 0 radical (unpaired) electrons. The van der Waals surface area contributed by atoms with Crippen LogP contribution in [0.4, 0.5) is 0 Å². The highest BCUT2D eigenvalue weighted by atomic mass is 16.4. The first-order valence-electron chi connectivity index (χ1n) is 5.30. The molecule has 4 heteroatoms. The van der Waals surface area contributed by atoms with Gasteiger partial charge < -0.3 is 10.4 Å². The Bertz CT molecular complexity index is 202. The third kappa shape index (κ3) is 2.69. The Hall–Kier alpha value is -0.610. The Balaban J connectivity index is 2.50. The number of hydrogen-bond acceptors (Lipinski definition) is 3. The Morgan fingerprint density at radius 3 is 2.57 bits per heavy atom. The maximum absolute atomic E-state index is 11.0. The first kappa shape index (κ1) is 11.5. The molecule has 1 unspecified atom stereocenters. The highest BCUT2D eigenvalue weighted by Crippen LogP contribution is 2.14. The molecular formula is C10H20N2O2. The molecule has 1 heterocycles. The van der Waals surface area contributed by atoms with E-state index < -0.39 is 11.5 Å². The predicted molar refractivity (Wildman–Crippen MR) is 55.4 cm³/mol. The molecule has 4 nitrogen and oxygen atoms in total. The maximum Gasteiger partial charge on any atom is 0.323 e. The number of rotatable bonds is 4. The average Bonchev–Trinajstić information content (AvgIpc) is 2.19. The molecule has 0 saturated carbocycles. The van der Waals surface area contributed by atoms with Gasteiger partial charge in [0.15, 0.2) is 0 Å². The van der Waals surface area contributed by atoms with Gasteiger partial charge in [-0.3, -0.25) is 10.1 Å². The number of nitrogens with one attached hydrogen (secondary N) is 2. The fraction of sp³-hybridized carbons (Fsp3) is 0.900. The van der Waals surface area contributed by atoms with Crippen LogP contribution < -0.4 is 10.6 Å². The fourth-order valence-corrected chi connectivity index (χ4v) is 1.73. The third-order valence-electron chi connectivity index (χ3n) is 3.04. The summed E-state index contributed by atoms with van der Waals surface area (Å²) in [5.41, 5.74) is -0.762. The van der Waals surface area contributed by atoms with Crippen molar-refractivity contribution in [1.82, 2.24) is 10.6 Å². The number of carbonyl (C=O) groups is 1. The molecule has 0 aromatic rings. The van der Waals surface area contributed by atoms with Crippen LogP contribution in [0.1, 0.15) is 33.1 Å². The van der Waals surface area contributed by atoms with Crippen molar-refractivity contribution in [2.75, 3.05) is 13.1 Å². The monoisotopic (exact) mass is 200 g/mol. The van der Waals surface area contributed by atoms with E-state index in [0.717, 1.165) is 25.9 Å². The van der Waals surface area contributed by atoms with Crippen LogP contribution in [0.2, 0.25) is 0 Å². The Kier molecular flexibility index (Phi) is 3.89. The number of carboxylic acids is 1. The molecule has 1 aliphatic rings. The van der Waals surface area contributed by atoms with Gasteiger partial charge in [-0.1, -0.05) is 6.92 Å². The van der Waals surface area contributed by atoms with Gasteiger partial charge >= 0.3 is 5.97 Å². The largest absolute Gasteiger partial charge is 0.480 e. The van der Waals surface area contributed by atoms with Crippen molar-refractivity contribution >= 4 is 5.97 Å². The van der Waals surface area contributed by atoms with Crippen LogP contribution in [0, 0.1) is 0 Å². The first-order valence-corrected chi connectivity index (χ1v) is 5.30. The number of piperidine rings is 1. The van der Waals surface area contributed by atoms with Gasteiger partial charge in [-0.05, 0) is 39.3 Å². The van der Waals surface area contributed by atoms with E-state index in [1.165, 1.54) is 0 Å². The standard InChI is InChI=1S/C10H20N2O2/c1-3-10(2,9(13)14)12-8-4-6-11-7-5-8/h8,11-12H,3-7H2,1-2H3,(H,13,14). The molecule has 1 fully saturated rings. The second-order valence-corrected chi connectivity index (χ2v) is 4.16. The quantitative estimate of drug-likeness (QED) is 0.621. The van der Waals surface area contributed by atoms with Gasteiger partial charge in [0, 0.05) is 6.04 Å². The first-order chi connectivity index (χ1) is 6.58. The van der Waals surface area contributed by atoms with Gasteiger partial charge in [0.1, 0.15) is 5.54 Å². The molecule has 0 aromatic carbocycles. The molecule has 82 valence electrons. The lowest BCUT2D eigenvalue weighted by atomic mass is 9.95. The Labute approximate surface area is 85.1 Å². The predicted octanol–water partition coefficient (Wildman–Crippen LogP) is 0.581. The number of carboxylic acid groups (broad SMARTS) is 1. The summed E-state index contributed by atoms with van der Waals surface area (Å²) in [6.45, 7) is 5.63. The minimum Gasteiger partial charge on any atom is -0.480 e. The zero-order valence-electron chi connectivity index (χ0n) is 8.97. The molecule has 0 aliphatic carbocycles. The van der Waals surface area contributed by atoms with Crippen LogP contribution in [0.25, 0.3) is 0 Å². The van der Waals surface area contributed by atoms with E-state index in [9.17, 15) is 4.79 Å². The summed E-state index contributed by atoms with van der Waals surface area (Å²) in [6, 6.07) is 0.345. The Morgan fingerprint density at radius 1 is 1.57 bits per heavy atom. The molecule has 0 amide bonds. The zero-order chi connectivity index (χ0) is 10.6. The van der Waals surface area contributed by atoms with Crippen LogP contribution in [0.15, 0.2) is 0 Å². The molecule has 0 spiro atoms. The second-order valence-electron chi connectivity index (χ2n) is 4.16. The van der Waals surface area contributed by atoms with E-state index in [1.807, 2.05) is 6.92 Å². The minimum atomic E-state index is -0.762. The lowest BCUT2D eigenvalue weighted by Gasteiger charge is -2.33.